The second-order valence-electron chi connectivity index (χ2n) is 4.40. The van der Waals surface area contributed by atoms with Crippen LogP contribution in [0.3, 0.4) is 0 Å². The van der Waals surface area contributed by atoms with Gasteiger partial charge in [-0.25, -0.2) is 0 Å². The van der Waals surface area contributed by atoms with Gasteiger partial charge in [0.25, 0.3) is 0 Å². The van der Waals surface area contributed by atoms with E-state index < -0.39 is 0 Å². The van der Waals surface area contributed by atoms with E-state index in [1.54, 1.807) is 6.20 Å². The quantitative estimate of drug-likeness (QED) is 0.769. The Hall–Kier alpha value is -1.60. The molecule has 5 nitrogen and oxygen atoms in total. The molecule has 7 heteroatoms. The lowest BCUT2D eigenvalue weighted by molar-refractivity contribution is 0.766. The molecule has 0 atom stereocenters. The minimum Gasteiger partial charge on any atom is -0.397 e. The molecule has 0 saturated heterocycles. The number of anilines is 1. The topological polar surface area (TPSA) is 69.6 Å². The number of benzene rings is 1. The van der Waals surface area contributed by atoms with Crippen LogP contribution in [0.15, 0.2) is 38.9 Å². The van der Waals surface area contributed by atoms with E-state index in [1.807, 2.05) is 36.7 Å². The van der Waals surface area contributed by atoms with Gasteiger partial charge in [-0.3, -0.25) is 4.98 Å². The second kappa shape index (κ2) is 5.06. The first-order chi connectivity index (χ1) is 9.56. The van der Waals surface area contributed by atoms with Crippen LogP contribution in [-0.2, 0) is 7.05 Å². The van der Waals surface area contributed by atoms with Gasteiger partial charge < -0.3 is 10.3 Å². The van der Waals surface area contributed by atoms with Gasteiger partial charge >= 0.3 is 0 Å². The Labute approximate surface area is 128 Å². The van der Waals surface area contributed by atoms with Crippen molar-refractivity contribution in [3.8, 4) is 0 Å². The molecular weight excluding hydrogens is 338 g/mol. The normalized spacial score (nSPS) is 11.2. The Balaban J connectivity index is 2.17. The Morgan fingerprint density at radius 3 is 2.80 bits per heavy atom. The van der Waals surface area contributed by atoms with Crippen molar-refractivity contribution in [3.05, 3.63) is 34.7 Å². The number of halogens is 1. The van der Waals surface area contributed by atoms with Gasteiger partial charge in [-0.1, -0.05) is 15.9 Å². The van der Waals surface area contributed by atoms with Crippen LogP contribution in [0.2, 0.25) is 0 Å². The molecule has 0 fully saturated rings. The first-order valence-electron chi connectivity index (χ1n) is 5.94. The van der Waals surface area contributed by atoms with E-state index in [4.69, 9.17) is 5.73 Å². The minimum absolute atomic E-state index is 0.640. The van der Waals surface area contributed by atoms with E-state index in [1.165, 1.54) is 11.8 Å². The van der Waals surface area contributed by atoms with E-state index in [2.05, 4.69) is 31.1 Å². The molecule has 0 aliphatic rings. The van der Waals surface area contributed by atoms with E-state index in [0.29, 0.717) is 5.69 Å². The first kappa shape index (κ1) is 13.4. The van der Waals surface area contributed by atoms with Crippen molar-refractivity contribution in [1.82, 2.24) is 19.7 Å². The lowest BCUT2D eigenvalue weighted by Gasteiger charge is -2.09. The predicted octanol–water partition coefficient (Wildman–Crippen LogP) is 3.17. The van der Waals surface area contributed by atoms with Gasteiger partial charge in [0.05, 0.1) is 17.4 Å². The summed E-state index contributed by atoms with van der Waals surface area (Å²) in [6.07, 6.45) is 1.68. The molecule has 3 rings (SSSR count). The molecule has 20 heavy (non-hydrogen) atoms. The molecule has 0 unspecified atom stereocenters. The maximum absolute atomic E-state index is 6.09. The third-order valence-corrected chi connectivity index (χ3v) is 4.75. The molecule has 3 aromatic rings. The number of nitrogens with zero attached hydrogens (tertiary/aromatic N) is 4. The molecular formula is C13H12BrN5S. The highest BCUT2D eigenvalue weighted by atomic mass is 79.9. The predicted molar refractivity (Wildman–Crippen MR) is 83.7 cm³/mol. The van der Waals surface area contributed by atoms with E-state index in [9.17, 15) is 0 Å². The summed E-state index contributed by atoms with van der Waals surface area (Å²) in [6, 6.07) is 5.95. The maximum atomic E-state index is 6.09. The third-order valence-electron chi connectivity index (χ3n) is 3.05. The molecule has 0 spiro atoms. The Bertz CT molecular complexity index is 794. The molecule has 0 bridgehead atoms. The number of fused-ring (bicyclic) bond motifs is 1. The summed E-state index contributed by atoms with van der Waals surface area (Å²) in [5.41, 5.74) is 7.63. The SMILES string of the molecule is Cc1nnc(Sc2c(N)cnc3ccc(Br)cc23)n1C. The van der Waals surface area contributed by atoms with Crippen molar-refractivity contribution >= 4 is 44.3 Å². The molecule has 2 N–H and O–H groups in total. The molecule has 0 aliphatic heterocycles. The first-order valence-corrected chi connectivity index (χ1v) is 7.55. The molecule has 2 heterocycles. The lowest BCUT2D eigenvalue weighted by Crippen LogP contribution is -1.96. The van der Waals surface area contributed by atoms with Crippen LogP contribution in [0.4, 0.5) is 5.69 Å². The van der Waals surface area contributed by atoms with Gasteiger partial charge in [0.2, 0.25) is 0 Å². The van der Waals surface area contributed by atoms with Gasteiger partial charge in [-0.05, 0) is 36.9 Å². The fourth-order valence-corrected chi connectivity index (χ4v) is 3.18. The smallest absolute Gasteiger partial charge is 0.195 e. The lowest BCUT2D eigenvalue weighted by atomic mass is 10.2. The molecule has 102 valence electrons. The van der Waals surface area contributed by atoms with Crippen molar-refractivity contribution in [2.75, 3.05) is 5.73 Å². The van der Waals surface area contributed by atoms with Crippen LogP contribution in [0.25, 0.3) is 10.9 Å². The third kappa shape index (κ3) is 2.27. The molecule has 0 amide bonds. The number of nitrogens with two attached hydrogens (primary N) is 1. The van der Waals surface area contributed by atoms with Gasteiger partial charge in [0.1, 0.15) is 5.82 Å². The van der Waals surface area contributed by atoms with Crippen molar-refractivity contribution in [3.63, 3.8) is 0 Å². The number of hydrogen-bond donors (Lipinski definition) is 1. The van der Waals surface area contributed by atoms with Crippen molar-refractivity contribution < 1.29 is 0 Å². The van der Waals surface area contributed by atoms with E-state index in [0.717, 1.165) is 31.3 Å². The highest BCUT2D eigenvalue weighted by Gasteiger charge is 2.13. The number of rotatable bonds is 2. The fourth-order valence-electron chi connectivity index (χ4n) is 1.84. The molecule has 1 aromatic carbocycles. The van der Waals surface area contributed by atoms with Gasteiger partial charge in [-0.2, -0.15) is 0 Å². The average molecular weight is 350 g/mol. The summed E-state index contributed by atoms with van der Waals surface area (Å²) < 4.78 is 2.93. The molecule has 0 radical (unpaired) electrons. The van der Waals surface area contributed by atoms with Gasteiger partial charge in [0, 0.05) is 21.8 Å². The Morgan fingerprint density at radius 1 is 1.30 bits per heavy atom. The Kier molecular flexibility index (Phi) is 3.39. The zero-order valence-electron chi connectivity index (χ0n) is 11.0. The monoisotopic (exact) mass is 349 g/mol. The summed E-state index contributed by atoms with van der Waals surface area (Å²) in [6.45, 7) is 1.92. The van der Waals surface area contributed by atoms with Crippen molar-refractivity contribution in [2.45, 2.75) is 17.0 Å². The van der Waals surface area contributed by atoms with Crippen molar-refractivity contribution in [2.24, 2.45) is 7.05 Å². The summed E-state index contributed by atoms with van der Waals surface area (Å²) in [5, 5.41) is 10.0. The fraction of sp³-hybridized carbons (Fsp3) is 0.154. The van der Waals surface area contributed by atoms with E-state index in [-0.39, 0.29) is 0 Å². The van der Waals surface area contributed by atoms with Crippen LogP contribution >= 0.6 is 27.7 Å². The minimum atomic E-state index is 0.640. The van der Waals surface area contributed by atoms with Crippen LogP contribution in [0, 0.1) is 6.92 Å². The summed E-state index contributed by atoms with van der Waals surface area (Å²) >= 11 is 4.99. The van der Waals surface area contributed by atoms with Gasteiger partial charge in [-0.15, -0.1) is 10.2 Å². The van der Waals surface area contributed by atoms with Crippen LogP contribution in [0.1, 0.15) is 5.82 Å². The van der Waals surface area contributed by atoms with E-state index >= 15 is 0 Å². The largest absolute Gasteiger partial charge is 0.397 e. The van der Waals surface area contributed by atoms with Crippen LogP contribution in [0.5, 0.6) is 0 Å². The maximum Gasteiger partial charge on any atom is 0.195 e. The summed E-state index contributed by atoms with van der Waals surface area (Å²) in [4.78, 5) is 5.30. The number of aromatic nitrogens is 4. The Morgan fingerprint density at radius 2 is 2.10 bits per heavy atom. The van der Waals surface area contributed by atoms with Gasteiger partial charge in [0.15, 0.2) is 5.16 Å². The second-order valence-corrected chi connectivity index (χ2v) is 6.29. The molecule has 0 aliphatic carbocycles. The van der Waals surface area contributed by atoms with Crippen LogP contribution < -0.4 is 5.73 Å². The van der Waals surface area contributed by atoms with Crippen LogP contribution in [-0.4, -0.2) is 19.7 Å². The summed E-state index contributed by atoms with van der Waals surface area (Å²) in [7, 11) is 1.94. The van der Waals surface area contributed by atoms with Crippen molar-refractivity contribution in [1.29, 1.82) is 0 Å². The summed E-state index contributed by atoms with van der Waals surface area (Å²) in [5.74, 6) is 0.866. The standard InChI is InChI=1S/C13H12BrN5S/c1-7-17-18-13(19(7)2)20-12-9-5-8(14)3-4-11(9)16-6-10(12)15/h3-6H,15H2,1-2H3. The number of hydrogen-bond acceptors (Lipinski definition) is 5. The highest BCUT2D eigenvalue weighted by molar-refractivity contribution is 9.10. The molecule has 2 aromatic heterocycles. The number of nitrogen functional groups attached to an aromatic ring is 1. The highest BCUT2D eigenvalue weighted by Crippen LogP contribution is 2.37. The molecule has 0 saturated carbocycles. The zero-order chi connectivity index (χ0) is 14.3. The average Bonchev–Trinajstić information content (AvgIpc) is 2.74. The number of aryl methyl sites for hydroxylation is 1. The zero-order valence-corrected chi connectivity index (χ0v) is 13.4. The number of pyridine rings is 1.